The van der Waals surface area contributed by atoms with E-state index in [1.807, 2.05) is 6.07 Å². The Labute approximate surface area is 236 Å². The highest BCUT2D eigenvalue weighted by atomic mass is 16.5. The number of ether oxygens (including phenoxy) is 1. The Bertz CT molecular complexity index is 1490. The van der Waals surface area contributed by atoms with Crippen LogP contribution < -0.4 is 15.8 Å². The number of anilines is 1. The summed E-state index contributed by atoms with van der Waals surface area (Å²) in [6.07, 6.45) is 2.40. The summed E-state index contributed by atoms with van der Waals surface area (Å²) in [7, 11) is 0. The molecule has 1 amide bonds. The van der Waals surface area contributed by atoms with Gasteiger partial charge in [0.15, 0.2) is 5.96 Å². The van der Waals surface area contributed by atoms with Crippen molar-refractivity contribution in [2.75, 3.05) is 11.9 Å². The van der Waals surface area contributed by atoms with Gasteiger partial charge in [0.25, 0.3) is 0 Å². The SMILES string of the molecule is N=C(N)Nc1ccc(C(=O)Oc2ccc3c(c2)CCCC3CC(=O)N(CC(=O)O)Cc2cccc(C(=O)O)c2)cc1. The van der Waals surface area contributed by atoms with Gasteiger partial charge in [0.05, 0.1) is 11.1 Å². The van der Waals surface area contributed by atoms with Crippen molar-refractivity contribution < 1.29 is 34.1 Å². The van der Waals surface area contributed by atoms with Gasteiger partial charge in [0.2, 0.25) is 5.91 Å². The van der Waals surface area contributed by atoms with E-state index in [1.165, 1.54) is 17.0 Å². The van der Waals surface area contributed by atoms with E-state index in [0.717, 1.165) is 30.4 Å². The van der Waals surface area contributed by atoms with Gasteiger partial charge in [-0.2, -0.15) is 0 Å². The minimum Gasteiger partial charge on any atom is -0.480 e. The van der Waals surface area contributed by atoms with Crippen molar-refractivity contribution in [3.05, 3.63) is 94.5 Å². The van der Waals surface area contributed by atoms with Gasteiger partial charge in [-0.05, 0) is 90.4 Å². The number of carboxylic acid groups (broad SMARTS) is 2. The summed E-state index contributed by atoms with van der Waals surface area (Å²) in [5, 5.41) is 28.6. The molecule has 41 heavy (non-hydrogen) atoms. The summed E-state index contributed by atoms with van der Waals surface area (Å²) in [6.45, 7) is -0.525. The number of fused-ring (bicyclic) bond motifs is 1. The molecule has 0 spiro atoms. The minimum atomic E-state index is -1.16. The lowest BCUT2D eigenvalue weighted by atomic mass is 9.80. The topological polar surface area (TPSA) is 183 Å². The summed E-state index contributed by atoms with van der Waals surface area (Å²) in [4.78, 5) is 50.0. The zero-order valence-corrected chi connectivity index (χ0v) is 22.1. The molecule has 6 N–H and O–H groups in total. The number of nitrogens with zero attached hydrogens (tertiary/aromatic N) is 1. The fraction of sp³-hybridized carbons (Fsp3) is 0.233. The van der Waals surface area contributed by atoms with Crippen LogP contribution in [-0.4, -0.2) is 51.4 Å². The second-order valence-electron chi connectivity index (χ2n) is 9.81. The lowest BCUT2D eigenvalue weighted by molar-refractivity contribution is -0.145. The van der Waals surface area contributed by atoms with Crippen LogP contribution in [0, 0.1) is 5.41 Å². The van der Waals surface area contributed by atoms with E-state index in [4.69, 9.17) is 15.9 Å². The Morgan fingerprint density at radius 1 is 1.00 bits per heavy atom. The molecule has 1 aliphatic carbocycles. The average molecular weight is 559 g/mol. The fourth-order valence-electron chi connectivity index (χ4n) is 4.94. The summed E-state index contributed by atoms with van der Waals surface area (Å²) in [5.41, 5.74) is 8.71. The lowest BCUT2D eigenvalue weighted by Crippen LogP contribution is -2.36. The van der Waals surface area contributed by atoms with Gasteiger partial charge in [0, 0.05) is 18.7 Å². The van der Waals surface area contributed by atoms with Gasteiger partial charge < -0.3 is 30.9 Å². The largest absolute Gasteiger partial charge is 0.480 e. The number of aromatic carboxylic acids is 1. The number of hydrogen-bond acceptors (Lipinski definition) is 6. The molecule has 0 bridgehead atoms. The Morgan fingerprint density at radius 3 is 2.44 bits per heavy atom. The first-order valence-electron chi connectivity index (χ1n) is 13.0. The maximum absolute atomic E-state index is 13.3. The first-order chi connectivity index (χ1) is 19.6. The molecule has 0 radical (unpaired) electrons. The molecule has 0 heterocycles. The number of esters is 1. The van der Waals surface area contributed by atoms with Gasteiger partial charge >= 0.3 is 17.9 Å². The highest BCUT2D eigenvalue weighted by Crippen LogP contribution is 2.36. The molecule has 11 heteroatoms. The van der Waals surface area contributed by atoms with Crippen molar-refractivity contribution in [3.8, 4) is 5.75 Å². The standard InChI is InChI=1S/C30H30N4O7/c31-30(32)33-23-9-7-19(8-10-23)29(40)41-24-11-12-25-20(14-24)4-2-5-21(25)15-26(35)34(17-27(36)37)16-18-3-1-6-22(13-18)28(38)39/h1,3,6-14,21H,2,4-5,15-17H2,(H,36,37)(H,38,39)(H4,31,32,33). The number of benzene rings is 3. The van der Waals surface area contributed by atoms with Crippen LogP contribution in [0.3, 0.4) is 0 Å². The number of carboxylic acids is 2. The quantitative estimate of drug-likeness (QED) is 0.107. The highest BCUT2D eigenvalue weighted by Gasteiger charge is 2.27. The molecule has 4 rings (SSSR count). The summed E-state index contributed by atoms with van der Waals surface area (Å²) < 4.78 is 5.57. The molecule has 1 unspecified atom stereocenters. The van der Waals surface area contributed by atoms with Crippen LogP contribution in [0.5, 0.6) is 5.75 Å². The number of carbonyl (C=O) groups excluding carboxylic acids is 2. The van der Waals surface area contributed by atoms with Crippen molar-refractivity contribution in [2.24, 2.45) is 5.73 Å². The van der Waals surface area contributed by atoms with E-state index in [-0.39, 0.29) is 36.3 Å². The average Bonchev–Trinajstić information content (AvgIpc) is 2.92. The smallest absolute Gasteiger partial charge is 0.343 e. The van der Waals surface area contributed by atoms with Crippen LogP contribution in [0.15, 0.2) is 66.7 Å². The van der Waals surface area contributed by atoms with Gasteiger partial charge in [-0.25, -0.2) is 9.59 Å². The number of carbonyl (C=O) groups is 4. The Hall–Kier alpha value is -5.19. The van der Waals surface area contributed by atoms with E-state index in [0.29, 0.717) is 22.6 Å². The number of nitrogens with two attached hydrogens (primary N) is 1. The first-order valence-corrected chi connectivity index (χ1v) is 13.0. The first kappa shape index (κ1) is 28.8. The van der Waals surface area contributed by atoms with Crippen LogP contribution in [0.2, 0.25) is 0 Å². The number of aryl methyl sites for hydroxylation is 1. The van der Waals surface area contributed by atoms with E-state index < -0.39 is 24.5 Å². The maximum Gasteiger partial charge on any atom is 0.343 e. The number of guanidine groups is 1. The lowest BCUT2D eigenvalue weighted by Gasteiger charge is -2.28. The third-order valence-electron chi connectivity index (χ3n) is 6.81. The second-order valence-corrected chi connectivity index (χ2v) is 9.81. The molecule has 212 valence electrons. The number of rotatable bonds is 10. The summed E-state index contributed by atoms with van der Waals surface area (Å²) in [5.74, 6) is -3.13. The van der Waals surface area contributed by atoms with E-state index >= 15 is 0 Å². The van der Waals surface area contributed by atoms with Crippen molar-refractivity contribution >= 4 is 35.5 Å². The molecule has 0 fully saturated rings. The predicted octanol–water partition coefficient (Wildman–Crippen LogP) is 3.83. The van der Waals surface area contributed by atoms with Gasteiger partial charge in [0.1, 0.15) is 12.3 Å². The fourth-order valence-corrected chi connectivity index (χ4v) is 4.94. The second kappa shape index (κ2) is 12.8. The molecule has 0 aromatic heterocycles. The van der Waals surface area contributed by atoms with Crippen molar-refractivity contribution in [1.82, 2.24) is 4.90 Å². The van der Waals surface area contributed by atoms with Crippen LogP contribution in [0.1, 0.15) is 62.6 Å². The molecule has 1 aliphatic rings. The van der Waals surface area contributed by atoms with E-state index in [1.54, 1.807) is 48.5 Å². The predicted molar refractivity (Wildman–Crippen MR) is 150 cm³/mol. The van der Waals surface area contributed by atoms with Crippen LogP contribution in [0.4, 0.5) is 5.69 Å². The number of amides is 1. The molecular weight excluding hydrogens is 528 g/mol. The number of nitrogens with one attached hydrogen (secondary N) is 2. The molecule has 3 aromatic carbocycles. The molecular formula is C30H30N4O7. The van der Waals surface area contributed by atoms with Crippen LogP contribution in [0.25, 0.3) is 0 Å². The van der Waals surface area contributed by atoms with Crippen LogP contribution >= 0.6 is 0 Å². The molecule has 11 nitrogen and oxygen atoms in total. The van der Waals surface area contributed by atoms with Crippen molar-refractivity contribution in [3.63, 3.8) is 0 Å². The number of aliphatic carboxylic acids is 1. The molecule has 0 saturated heterocycles. The number of hydrogen-bond donors (Lipinski definition) is 5. The molecule has 3 aromatic rings. The third kappa shape index (κ3) is 7.69. The van der Waals surface area contributed by atoms with E-state index in [9.17, 15) is 29.4 Å². The Balaban J connectivity index is 1.45. The van der Waals surface area contributed by atoms with Gasteiger partial charge in [-0.1, -0.05) is 18.2 Å². The van der Waals surface area contributed by atoms with Crippen LogP contribution in [-0.2, 0) is 22.6 Å². The monoisotopic (exact) mass is 558 g/mol. The van der Waals surface area contributed by atoms with E-state index in [2.05, 4.69) is 5.32 Å². The zero-order valence-electron chi connectivity index (χ0n) is 22.1. The normalized spacial score (nSPS) is 13.9. The molecule has 0 saturated carbocycles. The highest BCUT2D eigenvalue weighted by molar-refractivity contribution is 5.93. The summed E-state index contributed by atoms with van der Waals surface area (Å²) >= 11 is 0. The van der Waals surface area contributed by atoms with Gasteiger partial charge in [-0.3, -0.25) is 15.0 Å². The Kier molecular flexibility index (Phi) is 8.98. The van der Waals surface area contributed by atoms with Crippen molar-refractivity contribution in [2.45, 2.75) is 38.1 Å². The zero-order chi connectivity index (χ0) is 29.5. The molecule has 0 aliphatic heterocycles. The molecule has 1 atom stereocenters. The third-order valence-corrected chi connectivity index (χ3v) is 6.81. The van der Waals surface area contributed by atoms with Crippen molar-refractivity contribution in [1.29, 1.82) is 5.41 Å². The maximum atomic E-state index is 13.3. The summed E-state index contributed by atoms with van der Waals surface area (Å²) in [6, 6.07) is 17.8. The Morgan fingerprint density at radius 2 is 1.76 bits per heavy atom. The van der Waals surface area contributed by atoms with Gasteiger partial charge in [-0.15, -0.1) is 0 Å². The minimum absolute atomic E-state index is 0.0213.